The van der Waals surface area contributed by atoms with E-state index in [0.29, 0.717) is 11.4 Å². The molecule has 184 valence electrons. The Morgan fingerprint density at radius 3 is 2.53 bits per heavy atom. The number of hydrogen-bond donors (Lipinski definition) is 4. The van der Waals surface area contributed by atoms with Crippen LogP contribution in [0.2, 0.25) is 0 Å². The van der Waals surface area contributed by atoms with Gasteiger partial charge in [0.25, 0.3) is 0 Å². The van der Waals surface area contributed by atoms with Crippen molar-refractivity contribution < 1.29 is 33.5 Å². The molecule has 0 aromatic heterocycles. The molecule has 2 rings (SSSR count). The van der Waals surface area contributed by atoms with Gasteiger partial charge >= 0.3 is 6.03 Å². The fourth-order valence-electron chi connectivity index (χ4n) is 3.12. The number of hydrogen-bond acceptors (Lipinski definition) is 7. The summed E-state index contributed by atoms with van der Waals surface area (Å²) >= 11 is 2.09. The van der Waals surface area contributed by atoms with Crippen LogP contribution in [0.25, 0.3) is 0 Å². The molecule has 1 aliphatic heterocycles. The van der Waals surface area contributed by atoms with Crippen molar-refractivity contribution in [1.29, 1.82) is 0 Å². The van der Waals surface area contributed by atoms with Gasteiger partial charge in [0.2, 0.25) is 29.5 Å². The molecule has 1 atom stereocenters. The van der Waals surface area contributed by atoms with Crippen LogP contribution in [-0.2, 0) is 24.0 Å². The lowest BCUT2D eigenvalue weighted by Crippen LogP contribution is -2.56. The number of carbonyl (C=O) groups excluding carboxylic acids is 6. The van der Waals surface area contributed by atoms with Crippen LogP contribution in [0.1, 0.15) is 19.8 Å². The average Bonchev–Trinajstić information content (AvgIpc) is 2.76. The first-order valence-corrected chi connectivity index (χ1v) is 11.2. The first kappa shape index (κ1) is 26.8. The second-order valence-corrected chi connectivity index (χ2v) is 8.47. The third-order valence-corrected chi connectivity index (χ3v) is 5.37. The van der Waals surface area contributed by atoms with Crippen LogP contribution in [0.3, 0.4) is 0 Å². The number of imide groups is 1. The van der Waals surface area contributed by atoms with Crippen LogP contribution in [0.15, 0.2) is 18.2 Å². The molecule has 0 spiro atoms. The van der Waals surface area contributed by atoms with Crippen molar-refractivity contribution >= 4 is 63.8 Å². The highest BCUT2D eigenvalue weighted by atomic mass is 127. The Bertz CT molecular complexity index is 986. The van der Waals surface area contributed by atoms with Crippen molar-refractivity contribution in [1.82, 2.24) is 20.9 Å². The standard InChI is InChI=1S/C20H25IN6O7/c1-11(28)25-13(8-16(22)29)19(32)23-9-17(30)24-10-27-18(31)5-6-26(20(27)33)14-7-12(21)3-4-15(14)34-2/h3-4,7,13H,5-6,8-10H2,1-2H3,(H2,22,29)(H,23,32)(H,24,30)(H,25,28). The van der Waals surface area contributed by atoms with Crippen molar-refractivity contribution in [2.75, 3.05) is 31.8 Å². The lowest BCUT2D eigenvalue weighted by atomic mass is 10.2. The molecule has 1 aromatic rings. The van der Waals surface area contributed by atoms with Crippen molar-refractivity contribution in [3.63, 3.8) is 0 Å². The van der Waals surface area contributed by atoms with E-state index in [1.807, 2.05) is 6.07 Å². The zero-order valence-corrected chi connectivity index (χ0v) is 20.7. The highest BCUT2D eigenvalue weighted by molar-refractivity contribution is 14.1. The topological polar surface area (TPSA) is 180 Å². The van der Waals surface area contributed by atoms with Gasteiger partial charge in [-0.15, -0.1) is 0 Å². The number of amides is 7. The van der Waals surface area contributed by atoms with Gasteiger partial charge < -0.3 is 26.4 Å². The largest absolute Gasteiger partial charge is 0.495 e. The van der Waals surface area contributed by atoms with Crippen LogP contribution in [0.5, 0.6) is 5.75 Å². The predicted molar refractivity (Wildman–Crippen MR) is 127 cm³/mol. The van der Waals surface area contributed by atoms with Crippen LogP contribution in [0.4, 0.5) is 10.5 Å². The first-order valence-electron chi connectivity index (χ1n) is 10.1. The Kier molecular flexibility index (Phi) is 9.58. The Balaban J connectivity index is 1.97. The number of anilines is 1. The molecular weight excluding hydrogens is 563 g/mol. The highest BCUT2D eigenvalue weighted by Gasteiger charge is 2.34. The van der Waals surface area contributed by atoms with E-state index in [1.54, 1.807) is 12.1 Å². The van der Waals surface area contributed by atoms with E-state index in [2.05, 4.69) is 38.5 Å². The van der Waals surface area contributed by atoms with Crippen LogP contribution in [0, 0.1) is 3.57 Å². The Morgan fingerprint density at radius 2 is 1.91 bits per heavy atom. The Morgan fingerprint density at radius 1 is 1.21 bits per heavy atom. The van der Waals surface area contributed by atoms with Gasteiger partial charge in [0, 0.05) is 23.5 Å². The fourth-order valence-corrected chi connectivity index (χ4v) is 3.59. The highest BCUT2D eigenvalue weighted by Crippen LogP contribution is 2.32. The molecule has 1 unspecified atom stereocenters. The summed E-state index contributed by atoms with van der Waals surface area (Å²) in [5.74, 6) is -2.86. The summed E-state index contributed by atoms with van der Waals surface area (Å²) in [6, 6.07) is 3.41. The summed E-state index contributed by atoms with van der Waals surface area (Å²) < 4.78 is 6.18. The number of benzene rings is 1. The van der Waals surface area contributed by atoms with Crippen molar-refractivity contribution in [3.8, 4) is 5.75 Å². The zero-order valence-electron chi connectivity index (χ0n) is 18.6. The summed E-state index contributed by atoms with van der Waals surface area (Å²) in [5, 5.41) is 6.93. The molecule has 0 saturated carbocycles. The molecule has 7 amide bonds. The molecule has 13 nitrogen and oxygen atoms in total. The number of nitrogens with two attached hydrogens (primary N) is 1. The van der Waals surface area contributed by atoms with Gasteiger partial charge in [-0.3, -0.25) is 28.9 Å². The van der Waals surface area contributed by atoms with Gasteiger partial charge in [-0.05, 0) is 40.8 Å². The minimum atomic E-state index is -1.23. The summed E-state index contributed by atoms with van der Waals surface area (Å²) in [6.07, 6.45) is -0.403. The summed E-state index contributed by atoms with van der Waals surface area (Å²) in [7, 11) is 1.47. The lowest BCUT2D eigenvalue weighted by Gasteiger charge is -2.34. The number of methoxy groups -OCH3 is 1. The molecule has 34 heavy (non-hydrogen) atoms. The van der Waals surface area contributed by atoms with E-state index in [-0.39, 0.29) is 13.0 Å². The molecular formula is C20H25IN6O7. The van der Waals surface area contributed by atoms with Crippen LogP contribution >= 0.6 is 22.6 Å². The molecule has 1 aromatic carbocycles. The van der Waals surface area contributed by atoms with E-state index in [4.69, 9.17) is 10.5 Å². The second kappa shape index (κ2) is 12.2. The molecule has 1 saturated heterocycles. The van der Waals surface area contributed by atoms with Crippen LogP contribution in [-0.4, -0.2) is 73.4 Å². The predicted octanol–water partition coefficient (Wildman–Crippen LogP) is -0.971. The molecule has 14 heteroatoms. The number of primary amides is 1. The van der Waals surface area contributed by atoms with Gasteiger partial charge in [0.1, 0.15) is 18.5 Å². The summed E-state index contributed by atoms with van der Waals surface area (Å²) in [6.45, 7) is 0.388. The minimum absolute atomic E-state index is 0.0402. The van der Waals surface area contributed by atoms with Gasteiger partial charge in [0.05, 0.1) is 25.8 Å². The lowest BCUT2D eigenvalue weighted by molar-refractivity contribution is -0.132. The maximum Gasteiger partial charge on any atom is 0.332 e. The normalized spacial score (nSPS) is 14.3. The number of urea groups is 1. The van der Waals surface area contributed by atoms with E-state index in [0.717, 1.165) is 15.4 Å². The monoisotopic (exact) mass is 588 g/mol. The smallest absolute Gasteiger partial charge is 0.332 e. The van der Waals surface area contributed by atoms with Gasteiger partial charge in [-0.25, -0.2) is 9.69 Å². The van der Waals surface area contributed by atoms with Crippen molar-refractivity contribution in [3.05, 3.63) is 21.8 Å². The zero-order chi connectivity index (χ0) is 25.4. The number of nitrogens with zero attached hydrogens (tertiary/aromatic N) is 2. The number of halogens is 1. The number of ether oxygens (including phenoxy) is 1. The number of nitrogens with one attached hydrogen (secondary N) is 3. The van der Waals surface area contributed by atoms with E-state index >= 15 is 0 Å². The van der Waals surface area contributed by atoms with E-state index in [9.17, 15) is 28.8 Å². The Hall–Kier alpha value is -3.43. The van der Waals surface area contributed by atoms with Gasteiger partial charge in [-0.2, -0.15) is 0 Å². The maximum absolute atomic E-state index is 13.0. The molecule has 1 heterocycles. The minimum Gasteiger partial charge on any atom is -0.495 e. The third-order valence-electron chi connectivity index (χ3n) is 4.70. The molecule has 0 bridgehead atoms. The third kappa shape index (κ3) is 7.29. The fraction of sp³-hybridized carbons (Fsp3) is 0.400. The summed E-state index contributed by atoms with van der Waals surface area (Å²) in [4.78, 5) is 74.2. The first-order chi connectivity index (χ1) is 16.0. The molecule has 5 N–H and O–H groups in total. The summed E-state index contributed by atoms with van der Waals surface area (Å²) in [5.41, 5.74) is 5.56. The molecule has 1 fully saturated rings. The number of carbonyl (C=O) groups is 6. The average molecular weight is 588 g/mol. The SMILES string of the molecule is COc1ccc(I)cc1N1CCC(=O)N(CNC(=O)CNC(=O)C(CC(N)=O)NC(C)=O)C1=O. The molecule has 0 radical (unpaired) electrons. The molecule has 1 aliphatic rings. The van der Waals surface area contributed by atoms with Crippen molar-refractivity contribution in [2.24, 2.45) is 5.73 Å². The quantitative estimate of drug-likeness (QED) is 0.254. The van der Waals surface area contributed by atoms with E-state index < -0.39 is 61.2 Å². The maximum atomic E-state index is 13.0. The van der Waals surface area contributed by atoms with Gasteiger partial charge in [-0.1, -0.05) is 0 Å². The molecule has 0 aliphatic carbocycles. The Labute approximate surface area is 208 Å². The number of rotatable bonds is 10. The second-order valence-electron chi connectivity index (χ2n) is 7.22. The van der Waals surface area contributed by atoms with Crippen molar-refractivity contribution in [2.45, 2.75) is 25.8 Å². The van der Waals surface area contributed by atoms with Crippen LogP contribution < -0.4 is 31.3 Å². The van der Waals surface area contributed by atoms with E-state index in [1.165, 1.54) is 12.0 Å². The van der Waals surface area contributed by atoms with Gasteiger partial charge in [0.15, 0.2) is 0 Å².